The Hall–Kier alpha value is -1.21. The van der Waals surface area contributed by atoms with Gasteiger partial charge in [0.25, 0.3) is 0 Å². The standard InChI is InChI=1S/C3BF3O4/c4-11-2(9)1(8)10-3(5,6)7. The van der Waals surface area contributed by atoms with Crippen molar-refractivity contribution in [3.05, 3.63) is 0 Å². The minimum Gasteiger partial charge on any atom is -0.535 e. The molecule has 0 saturated carbocycles. The van der Waals surface area contributed by atoms with Crippen LogP contribution < -0.4 is 0 Å². The zero-order valence-electron chi connectivity index (χ0n) is 4.84. The van der Waals surface area contributed by atoms with Crippen LogP contribution in [0.3, 0.4) is 0 Å². The number of carbonyl (C=O) groups is 2. The lowest BCUT2D eigenvalue weighted by molar-refractivity contribution is -0.304. The van der Waals surface area contributed by atoms with E-state index in [4.69, 9.17) is 0 Å². The maximum Gasteiger partial charge on any atom is 0.575 e. The molecule has 8 heteroatoms. The summed E-state index contributed by atoms with van der Waals surface area (Å²) in [5, 5.41) is 0. The Morgan fingerprint density at radius 3 is 1.91 bits per heavy atom. The first-order valence-corrected chi connectivity index (χ1v) is 2.07. The average molecular weight is 168 g/mol. The second-order valence-electron chi connectivity index (χ2n) is 1.24. The van der Waals surface area contributed by atoms with Gasteiger partial charge in [-0.05, 0) is 0 Å². The van der Waals surface area contributed by atoms with Crippen molar-refractivity contribution in [1.82, 2.24) is 0 Å². The number of alkyl halides is 3. The zero-order chi connectivity index (χ0) is 9.07. The summed E-state index contributed by atoms with van der Waals surface area (Å²) < 4.78 is 39.1. The van der Waals surface area contributed by atoms with E-state index in [1.54, 1.807) is 0 Å². The van der Waals surface area contributed by atoms with Crippen molar-refractivity contribution in [3.8, 4) is 0 Å². The fourth-order valence-electron chi connectivity index (χ4n) is 0.195. The van der Waals surface area contributed by atoms with Crippen molar-refractivity contribution in [1.29, 1.82) is 0 Å². The summed E-state index contributed by atoms with van der Waals surface area (Å²) in [5.41, 5.74) is 0. The van der Waals surface area contributed by atoms with Gasteiger partial charge in [-0.1, -0.05) is 0 Å². The molecule has 0 atom stereocenters. The van der Waals surface area contributed by atoms with Crippen molar-refractivity contribution in [2.75, 3.05) is 0 Å². The molecule has 0 aromatic rings. The molecule has 0 aliphatic heterocycles. The number of halogens is 3. The van der Waals surface area contributed by atoms with E-state index in [9.17, 15) is 22.8 Å². The van der Waals surface area contributed by atoms with Crippen LogP contribution in [0.15, 0.2) is 0 Å². The van der Waals surface area contributed by atoms with Gasteiger partial charge in [0.1, 0.15) is 0 Å². The Bertz CT molecular complexity index is 176. The monoisotopic (exact) mass is 168 g/mol. The fraction of sp³-hybridized carbons (Fsp3) is 0.333. The highest BCUT2D eigenvalue weighted by atomic mass is 19.4. The first kappa shape index (κ1) is 9.79. The lowest BCUT2D eigenvalue weighted by Crippen LogP contribution is -2.26. The first-order valence-electron chi connectivity index (χ1n) is 2.07. The Morgan fingerprint density at radius 2 is 1.64 bits per heavy atom. The lowest BCUT2D eigenvalue weighted by atomic mass is 10.5. The number of carbonyl (C=O) groups excluding carboxylic acids is 2. The van der Waals surface area contributed by atoms with E-state index in [0.717, 1.165) is 0 Å². The van der Waals surface area contributed by atoms with Crippen molar-refractivity contribution in [2.45, 2.75) is 6.36 Å². The normalized spacial score (nSPS) is 10.5. The van der Waals surface area contributed by atoms with Gasteiger partial charge in [0.15, 0.2) is 0 Å². The summed E-state index contributed by atoms with van der Waals surface area (Å²) in [6.45, 7) is 0. The summed E-state index contributed by atoms with van der Waals surface area (Å²) in [7, 11) is 4.07. The Balaban J connectivity index is 3.99. The van der Waals surface area contributed by atoms with Crippen LogP contribution in [0.25, 0.3) is 0 Å². The summed E-state index contributed by atoms with van der Waals surface area (Å²) in [6.07, 6.45) is -5.20. The van der Waals surface area contributed by atoms with Crippen LogP contribution in [-0.2, 0) is 19.0 Å². The van der Waals surface area contributed by atoms with Crippen LogP contribution >= 0.6 is 0 Å². The minimum absolute atomic E-state index is 1.91. The maximum atomic E-state index is 11.1. The van der Waals surface area contributed by atoms with Gasteiger partial charge in [-0.3, -0.25) is 0 Å². The predicted molar refractivity (Wildman–Crippen MR) is 24.0 cm³/mol. The summed E-state index contributed by atoms with van der Waals surface area (Å²) in [6, 6.07) is 0. The van der Waals surface area contributed by atoms with Gasteiger partial charge in [-0.2, -0.15) is 0 Å². The molecule has 0 heterocycles. The number of esters is 1. The molecular formula is C3BF3O4. The smallest absolute Gasteiger partial charge is 0.535 e. The molecule has 0 rings (SSSR count). The minimum atomic E-state index is -5.20. The Morgan fingerprint density at radius 1 is 1.18 bits per heavy atom. The molecule has 0 aromatic heterocycles. The maximum absolute atomic E-state index is 11.1. The molecule has 0 saturated heterocycles. The molecule has 60 valence electrons. The molecule has 0 bridgehead atoms. The largest absolute Gasteiger partial charge is 0.575 e. The van der Waals surface area contributed by atoms with Crippen LogP contribution in [0.4, 0.5) is 13.2 Å². The summed E-state index contributed by atoms with van der Waals surface area (Å²) in [4.78, 5) is 19.8. The number of rotatable bonds is 0. The van der Waals surface area contributed by atoms with Crippen molar-refractivity contribution in [2.24, 2.45) is 0 Å². The second-order valence-corrected chi connectivity index (χ2v) is 1.24. The number of ether oxygens (including phenoxy) is 1. The highest BCUT2D eigenvalue weighted by Gasteiger charge is 2.36. The molecule has 0 spiro atoms. The third kappa shape index (κ3) is 4.23. The summed E-state index contributed by atoms with van der Waals surface area (Å²) >= 11 is 0. The predicted octanol–water partition coefficient (Wildman–Crippen LogP) is -0.324. The van der Waals surface area contributed by atoms with Crippen LogP contribution in [0.5, 0.6) is 0 Å². The molecule has 0 fully saturated rings. The van der Waals surface area contributed by atoms with Gasteiger partial charge in [0.05, 0.1) is 0 Å². The molecule has 0 aromatic carbocycles. The van der Waals surface area contributed by atoms with E-state index in [1.165, 1.54) is 0 Å². The quantitative estimate of drug-likeness (QED) is 0.282. The van der Waals surface area contributed by atoms with Crippen molar-refractivity contribution >= 4 is 20.0 Å². The van der Waals surface area contributed by atoms with E-state index in [-0.39, 0.29) is 0 Å². The van der Waals surface area contributed by atoms with Gasteiger partial charge < -0.3 is 9.39 Å². The van der Waals surface area contributed by atoms with Crippen LogP contribution in [0.1, 0.15) is 0 Å². The Kier molecular flexibility index (Phi) is 2.91. The third-order valence-electron chi connectivity index (χ3n) is 0.482. The summed E-state index contributed by atoms with van der Waals surface area (Å²) in [5.74, 6) is -4.12. The van der Waals surface area contributed by atoms with E-state index >= 15 is 0 Å². The highest BCUT2D eigenvalue weighted by molar-refractivity contribution is 6.33. The molecule has 0 aliphatic rings. The molecule has 2 radical (unpaired) electrons. The Labute approximate surface area is 59.7 Å². The number of hydrogen-bond donors (Lipinski definition) is 0. The van der Waals surface area contributed by atoms with Crippen LogP contribution in [0, 0.1) is 0 Å². The van der Waals surface area contributed by atoms with Gasteiger partial charge in [0, 0.05) is 0 Å². The van der Waals surface area contributed by atoms with Crippen LogP contribution in [0.2, 0.25) is 0 Å². The molecular weight excluding hydrogens is 168 g/mol. The third-order valence-corrected chi connectivity index (χ3v) is 0.482. The zero-order valence-corrected chi connectivity index (χ0v) is 4.84. The molecule has 11 heavy (non-hydrogen) atoms. The molecule has 0 unspecified atom stereocenters. The van der Waals surface area contributed by atoms with Crippen molar-refractivity contribution in [3.63, 3.8) is 0 Å². The van der Waals surface area contributed by atoms with Gasteiger partial charge in [-0.25, -0.2) is 9.59 Å². The molecule has 4 nitrogen and oxygen atoms in total. The van der Waals surface area contributed by atoms with Gasteiger partial charge in [0.2, 0.25) is 0 Å². The van der Waals surface area contributed by atoms with Gasteiger partial charge >= 0.3 is 26.4 Å². The second kappa shape index (κ2) is 3.26. The SMILES string of the molecule is [B]OC(=O)C(=O)OC(F)(F)F. The van der Waals surface area contributed by atoms with E-state index in [0.29, 0.717) is 0 Å². The van der Waals surface area contributed by atoms with Gasteiger partial charge in [-0.15, -0.1) is 13.2 Å². The van der Waals surface area contributed by atoms with E-state index < -0.39 is 18.3 Å². The van der Waals surface area contributed by atoms with Crippen LogP contribution in [-0.4, -0.2) is 26.4 Å². The number of hydrogen-bond acceptors (Lipinski definition) is 4. The molecule has 0 N–H and O–H groups in total. The first-order chi connectivity index (χ1) is 4.87. The lowest BCUT2D eigenvalue weighted by Gasteiger charge is -2.04. The van der Waals surface area contributed by atoms with Crippen molar-refractivity contribution < 1.29 is 32.2 Å². The highest BCUT2D eigenvalue weighted by Crippen LogP contribution is 2.16. The topological polar surface area (TPSA) is 52.6 Å². The van der Waals surface area contributed by atoms with E-state index in [1.807, 2.05) is 0 Å². The van der Waals surface area contributed by atoms with E-state index in [2.05, 4.69) is 17.4 Å². The molecule has 0 amide bonds. The average Bonchev–Trinajstić information content (AvgIpc) is 1.82. The fourth-order valence-corrected chi connectivity index (χ4v) is 0.195. The molecule has 0 aliphatic carbocycles.